The summed E-state index contributed by atoms with van der Waals surface area (Å²) < 4.78 is 1.11. The Morgan fingerprint density at radius 2 is 1.96 bits per heavy atom. The number of nitrogens with zero attached hydrogens (tertiary/aromatic N) is 1. The third kappa shape index (κ3) is 2.48. The molecule has 4 rings (SSSR count). The van der Waals surface area contributed by atoms with Crippen LogP contribution in [0.15, 0.2) is 65.3 Å². The molecule has 1 atom stereocenters. The number of halogens is 1. The van der Waals surface area contributed by atoms with Gasteiger partial charge >= 0.3 is 0 Å². The molecule has 1 aliphatic heterocycles. The fourth-order valence-electron chi connectivity index (χ4n) is 3.78. The van der Waals surface area contributed by atoms with Crippen LogP contribution < -0.4 is 0 Å². The van der Waals surface area contributed by atoms with Crippen molar-refractivity contribution >= 4 is 26.8 Å². The van der Waals surface area contributed by atoms with Gasteiger partial charge in [-0.05, 0) is 42.2 Å². The Morgan fingerprint density at radius 1 is 1.21 bits per heavy atom. The third-order valence-corrected chi connectivity index (χ3v) is 5.56. The van der Waals surface area contributed by atoms with Crippen molar-refractivity contribution in [2.75, 3.05) is 6.54 Å². The van der Waals surface area contributed by atoms with Gasteiger partial charge < -0.3 is 9.88 Å². The lowest BCUT2D eigenvalue weighted by atomic mass is 9.92. The maximum absolute atomic E-state index is 4.32. The van der Waals surface area contributed by atoms with Crippen LogP contribution in [-0.4, -0.2) is 16.4 Å². The molecule has 0 saturated carbocycles. The molecule has 3 heteroatoms. The van der Waals surface area contributed by atoms with E-state index in [2.05, 4.69) is 87.8 Å². The molecular weight excluding hydrogens is 360 g/mol. The number of rotatable bonds is 3. The van der Waals surface area contributed by atoms with Crippen LogP contribution in [-0.2, 0) is 6.42 Å². The predicted molar refractivity (Wildman–Crippen MR) is 104 cm³/mol. The SMILES string of the molecule is C=C(CC)N1CCc2c([nH]c3ccccc23)C1c1ccc(Br)cc1. The van der Waals surface area contributed by atoms with E-state index in [4.69, 9.17) is 0 Å². The summed E-state index contributed by atoms with van der Waals surface area (Å²) in [5.74, 6) is 0. The monoisotopic (exact) mass is 380 g/mol. The van der Waals surface area contributed by atoms with Crippen LogP contribution >= 0.6 is 15.9 Å². The smallest absolute Gasteiger partial charge is 0.0944 e. The van der Waals surface area contributed by atoms with Gasteiger partial charge in [0.05, 0.1) is 6.04 Å². The van der Waals surface area contributed by atoms with Crippen LogP contribution in [0.1, 0.15) is 36.2 Å². The average molecular weight is 381 g/mol. The summed E-state index contributed by atoms with van der Waals surface area (Å²) in [4.78, 5) is 6.15. The molecule has 0 bridgehead atoms. The van der Waals surface area contributed by atoms with Crippen molar-refractivity contribution in [3.8, 4) is 0 Å². The zero-order valence-corrected chi connectivity index (χ0v) is 15.4. The fraction of sp³-hybridized carbons (Fsp3) is 0.238. The maximum atomic E-state index is 4.32. The van der Waals surface area contributed by atoms with Crippen molar-refractivity contribution in [2.24, 2.45) is 0 Å². The van der Waals surface area contributed by atoms with E-state index in [9.17, 15) is 0 Å². The zero-order valence-electron chi connectivity index (χ0n) is 13.8. The van der Waals surface area contributed by atoms with Crippen molar-refractivity contribution in [3.63, 3.8) is 0 Å². The Morgan fingerprint density at radius 3 is 2.71 bits per heavy atom. The number of fused-ring (bicyclic) bond motifs is 3. The minimum absolute atomic E-state index is 0.210. The van der Waals surface area contributed by atoms with E-state index in [1.165, 1.54) is 33.4 Å². The number of nitrogens with one attached hydrogen (secondary N) is 1. The summed E-state index contributed by atoms with van der Waals surface area (Å²) >= 11 is 3.55. The van der Waals surface area contributed by atoms with Crippen LogP contribution in [0.2, 0.25) is 0 Å². The molecule has 0 amide bonds. The number of aromatic nitrogens is 1. The summed E-state index contributed by atoms with van der Waals surface area (Å²) in [5.41, 5.74) is 6.51. The highest BCUT2D eigenvalue weighted by atomic mass is 79.9. The molecule has 2 nitrogen and oxygen atoms in total. The second-order valence-electron chi connectivity index (χ2n) is 6.38. The minimum atomic E-state index is 0.210. The molecule has 0 radical (unpaired) electrons. The van der Waals surface area contributed by atoms with Crippen LogP contribution in [0.25, 0.3) is 10.9 Å². The molecule has 0 spiro atoms. The fourth-order valence-corrected chi connectivity index (χ4v) is 4.04. The summed E-state index contributed by atoms with van der Waals surface area (Å²) in [6.45, 7) is 7.52. The summed E-state index contributed by atoms with van der Waals surface area (Å²) in [6, 6.07) is 17.5. The van der Waals surface area contributed by atoms with Crippen molar-refractivity contribution in [1.82, 2.24) is 9.88 Å². The van der Waals surface area contributed by atoms with Crippen molar-refractivity contribution in [1.29, 1.82) is 0 Å². The van der Waals surface area contributed by atoms with Gasteiger partial charge in [-0.15, -0.1) is 0 Å². The van der Waals surface area contributed by atoms with Gasteiger partial charge in [0.2, 0.25) is 0 Å². The molecule has 2 heterocycles. The molecule has 24 heavy (non-hydrogen) atoms. The van der Waals surface area contributed by atoms with E-state index in [0.29, 0.717) is 0 Å². The van der Waals surface area contributed by atoms with Gasteiger partial charge in [0, 0.05) is 33.3 Å². The Hall–Kier alpha value is -2.00. The third-order valence-electron chi connectivity index (χ3n) is 5.03. The molecular formula is C21H21BrN2. The van der Waals surface area contributed by atoms with Gasteiger partial charge in [-0.2, -0.15) is 0 Å². The van der Waals surface area contributed by atoms with Crippen LogP contribution in [0.5, 0.6) is 0 Å². The number of H-pyrrole nitrogens is 1. The largest absolute Gasteiger partial charge is 0.362 e. The first-order valence-electron chi connectivity index (χ1n) is 8.48. The lowest BCUT2D eigenvalue weighted by molar-refractivity contribution is 0.265. The number of benzene rings is 2. The molecule has 1 aromatic heterocycles. The predicted octanol–water partition coefficient (Wildman–Crippen LogP) is 5.80. The van der Waals surface area contributed by atoms with E-state index in [1.54, 1.807) is 0 Å². The lowest BCUT2D eigenvalue weighted by Crippen LogP contribution is -2.35. The first kappa shape index (κ1) is 15.5. The number of aromatic amines is 1. The highest BCUT2D eigenvalue weighted by molar-refractivity contribution is 9.10. The molecule has 0 aliphatic carbocycles. The first-order valence-corrected chi connectivity index (χ1v) is 9.27. The van der Waals surface area contributed by atoms with Crippen LogP contribution in [0.4, 0.5) is 0 Å². The van der Waals surface area contributed by atoms with E-state index < -0.39 is 0 Å². The van der Waals surface area contributed by atoms with Crippen molar-refractivity contribution in [3.05, 3.63) is 82.1 Å². The topological polar surface area (TPSA) is 19.0 Å². The van der Waals surface area contributed by atoms with Crippen molar-refractivity contribution < 1.29 is 0 Å². The van der Waals surface area contributed by atoms with Crippen LogP contribution in [0.3, 0.4) is 0 Å². The summed E-state index contributed by atoms with van der Waals surface area (Å²) in [6.07, 6.45) is 2.04. The second-order valence-corrected chi connectivity index (χ2v) is 7.30. The van der Waals surface area contributed by atoms with Crippen LogP contribution in [0, 0.1) is 0 Å². The minimum Gasteiger partial charge on any atom is -0.362 e. The Labute approximate surface area is 151 Å². The highest BCUT2D eigenvalue weighted by Crippen LogP contribution is 2.40. The van der Waals surface area contributed by atoms with Gasteiger partial charge in [-0.25, -0.2) is 0 Å². The quantitative estimate of drug-likeness (QED) is 0.607. The number of allylic oxidation sites excluding steroid dienone is 1. The lowest BCUT2D eigenvalue weighted by Gasteiger charge is -2.39. The molecule has 1 aliphatic rings. The Kier molecular flexibility index (Phi) is 3.97. The Bertz CT molecular complexity index is 892. The van der Waals surface area contributed by atoms with E-state index in [1.807, 2.05) is 0 Å². The van der Waals surface area contributed by atoms with Gasteiger partial charge in [0.25, 0.3) is 0 Å². The first-order chi connectivity index (χ1) is 11.7. The van der Waals surface area contributed by atoms with Gasteiger partial charge in [0.1, 0.15) is 0 Å². The summed E-state index contributed by atoms with van der Waals surface area (Å²) in [5, 5.41) is 1.36. The molecule has 1 N–H and O–H groups in total. The molecule has 3 aromatic rings. The van der Waals surface area contributed by atoms with E-state index >= 15 is 0 Å². The second kappa shape index (κ2) is 6.14. The maximum Gasteiger partial charge on any atom is 0.0944 e. The molecule has 0 saturated heterocycles. The molecule has 0 fully saturated rings. The molecule has 2 aromatic carbocycles. The van der Waals surface area contributed by atoms with Gasteiger partial charge in [-0.3, -0.25) is 0 Å². The van der Waals surface area contributed by atoms with E-state index in [0.717, 1.165) is 23.9 Å². The average Bonchev–Trinajstić information content (AvgIpc) is 3.00. The van der Waals surface area contributed by atoms with Gasteiger partial charge in [0.15, 0.2) is 0 Å². The number of hydrogen-bond donors (Lipinski definition) is 1. The highest BCUT2D eigenvalue weighted by Gasteiger charge is 2.31. The standard InChI is InChI=1S/C21H21BrN2/c1-3-14(2)24-13-12-18-17-6-4-5-7-19(17)23-20(18)21(24)15-8-10-16(22)11-9-15/h4-11,21,23H,2-3,12-13H2,1H3. The zero-order chi connectivity index (χ0) is 16.7. The number of hydrogen-bond acceptors (Lipinski definition) is 1. The molecule has 122 valence electrons. The summed E-state index contributed by atoms with van der Waals surface area (Å²) in [7, 11) is 0. The Balaban J connectivity index is 1.90. The van der Waals surface area contributed by atoms with Crippen molar-refractivity contribution in [2.45, 2.75) is 25.8 Å². The normalized spacial score (nSPS) is 17.1. The van der Waals surface area contributed by atoms with Gasteiger partial charge in [-0.1, -0.05) is 59.8 Å². The van der Waals surface area contributed by atoms with E-state index in [-0.39, 0.29) is 6.04 Å². The molecule has 1 unspecified atom stereocenters. The number of para-hydroxylation sites is 1.